The minimum absolute atomic E-state index is 0.0284. The Kier molecular flexibility index (Phi) is 6.55. The van der Waals surface area contributed by atoms with E-state index in [-0.39, 0.29) is 17.4 Å². The Morgan fingerprint density at radius 2 is 2.08 bits per heavy atom. The summed E-state index contributed by atoms with van der Waals surface area (Å²) in [6.07, 6.45) is 1.17. The highest BCUT2D eigenvalue weighted by Crippen LogP contribution is 2.28. The van der Waals surface area contributed by atoms with E-state index in [0.717, 1.165) is 19.2 Å². The average Bonchev–Trinajstić information content (AvgIpc) is 2.54. The largest absolute Gasteiger partial charge is 0.475 e. The number of halogens is 2. The Morgan fingerprint density at radius 1 is 1.27 bits per heavy atom. The van der Waals surface area contributed by atoms with Gasteiger partial charge in [-0.25, -0.2) is 18.1 Å². The molecule has 0 saturated carbocycles. The fourth-order valence-electron chi connectivity index (χ4n) is 2.11. The molecule has 1 N–H and O–H groups in total. The summed E-state index contributed by atoms with van der Waals surface area (Å²) in [5, 5.41) is 0.443. The lowest BCUT2D eigenvalue weighted by Crippen LogP contribution is -2.31. The zero-order chi connectivity index (χ0) is 18.5. The van der Waals surface area contributed by atoms with Gasteiger partial charge in [0, 0.05) is 42.6 Å². The molecule has 5 nitrogen and oxygen atoms in total. The number of anilines is 1. The van der Waals surface area contributed by atoms with Crippen molar-refractivity contribution in [3.8, 4) is 5.88 Å². The van der Waals surface area contributed by atoms with Gasteiger partial charge in [-0.15, -0.1) is 0 Å². The molecule has 0 bridgehead atoms. The molecule has 1 aliphatic heterocycles. The number of nitrogens with one attached hydrogen (secondary N) is 1. The summed E-state index contributed by atoms with van der Waals surface area (Å²) in [4.78, 5) is 8.79. The first-order chi connectivity index (χ1) is 12.5. The second-order valence-corrected chi connectivity index (χ2v) is 7.86. The third-order valence-electron chi connectivity index (χ3n) is 3.52. The molecule has 0 atom stereocenters. The van der Waals surface area contributed by atoms with Crippen molar-refractivity contribution in [1.82, 2.24) is 14.3 Å². The zero-order valence-corrected chi connectivity index (χ0v) is 16.2. The number of thioether (sulfide) groups is 1. The van der Waals surface area contributed by atoms with Crippen LogP contribution < -0.4 is 9.46 Å². The van der Waals surface area contributed by atoms with Gasteiger partial charge in [0.1, 0.15) is 5.82 Å². The van der Waals surface area contributed by atoms with Gasteiger partial charge >= 0.3 is 0 Å². The van der Waals surface area contributed by atoms with Gasteiger partial charge in [0.15, 0.2) is 16.8 Å². The molecule has 0 radical (unpaired) electrons. The molecule has 2 aromatic rings. The van der Waals surface area contributed by atoms with Crippen molar-refractivity contribution < 1.29 is 13.5 Å². The van der Waals surface area contributed by atoms with Crippen LogP contribution in [0.1, 0.15) is 25.8 Å². The lowest BCUT2D eigenvalue weighted by atomic mass is 10.2. The predicted octanol–water partition coefficient (Wildman–Crippen LogP) is 4.52. The van der Waals surface area contributed by atoms with Gasteiger partial charge < -0.3 is 9.46 Å². The van der Waals surface area contributed by atoms with Crippen LogP contribution in [0.2, 0.25) is 0 Å². The normalized spacial score (nSPS) is 14.3. The number of rotatable bonds is 8. The van der Waals surface area contributed by atoms with Crippen molar-refractivity contribution in [2.75, 3.05) is 17.8 Å². The first-order valence-corrected chi connectivity index (χ1v) is 10.1. The molecule has 2 heterocycles. The van der Waals surface area contributed by atoms with Crippen molar-refractivity contribution in [3.05, 3.63) is 41.5 Å². The molecule has 26 heavy (non-hydrogen) atoms. The van der Waals surface area contributed by atoms with Crippen LogP contribution in [0.15, 0.2) is 29.4 Å². The molecule has 0 spiro atoms. The number of benzene rings is 1. The first-order valence-electron chi connectivity index (χ1n) is 8.30. The van der Waals surface area contributed by atoms with Crippen molar-refractivity contribution in [2.45, 2.75) is 37.3 Å². The molecule has 9 heteroatoms. The van der Waals surface area contributed by atoms with Gasteiger partial charge in [-0.3, -0.25) is 0 Å². The van der Waals surface area contributed by atoms with Gasteiger partial charge in [0.25, 0.3) is 0 Å². The fourth-order valence-corrected chi connectivity index (χ4v) is 3.71. The molecule has 0 aliphatic carbocycles. The van der Waals surface area contributed by atoms with E-state index in [1.165, 1.54) is 36.4 Å². The maximum absolute atomic E-state index is 13.8. The molecule has 1 aliphatic rings. The van der Waals surface area contributed by atoms with Gasteiger partial charge in [0.05, 0.1) is 6.10 Å². The van der Waals surface area contributed by atoms with E-state index >= 15 is 0 Å². The minimum Gasteiger partial charge on any atom is -0.475 e. The Morgan fingerprint density at radius 3 is 2.77 bits per heavy atom. The summed E-state index contributed by atoms with van der Waals surface area (Å²) in [7, 11) is 0. The molecule has 0 amide bonds. The number of nitrogens with zero attached hydrogens (tertiary/aromatic N) is 3. The van der Waals surface area contributed by atoms with Crippen LogP contribution in [-0.4, -0.2) is 33.5 Å². The van der Waals surface area contributed by atoms with Crippen LogP contribution in [0.25, 0.3) is 0 Å². The van der Waals surface area contributed by atoms with Crippen molar-refractivity contribution in [3.63, 3.8) is 0 Å². The molecule has 1 aromatic carbocycles. The molecule has 1 aromatic heterocycles. The van der Waals surface area contributed by atoms with Gasteiger partial charge in [-0.1, -0.05) is 23.9 Å². The second-order valence-electron chi connectivity index (χ2n) is 6.02. The summed E-state index contributed by atoms with van der Waals surface area (Å²) in [5.74, 6) is -0.387. The van der Waals surface area contributed by atoms with Gasteiger partial charge in [0.2, 0.25) is 5.88 Å². The Balaban J connectivity index is 1.72. The van der Waals surface area contributed by atoms with Crippen LogP contribution in [-0.2, 0) is 5.75 Å². The van der Waals surface area contributed by atoms with Crippen molar-refractivity contribution in [1.29, 1.82) is 0 Å². The van der Waals surface area contributed by atoms with Crippen LogP contribution in [0.4, 0.5) is 14.6 Å². The lowest BCUT2D eigenvalue weighted by molar-refractivity contribution is 0.230. The number of hydrogen-bond donors (Lipinski definition) is 1. The Labute approximate surface area is 160 Å². The highest BCUT2D eigenvalue weighted by molar-refractivity contribution is 7.98. The smallest absolute Gasteiger partial charge is 0.219 e. The van der Waals surface area contributed by atoms with Crippen LogP contribution in [0, 0.1) is 11.6 Å². The fraction of sp³-hybridized carbons (Fsp3) is 0.412. The first kappa shape index (κ1) is 19.2. The average molecular weight is 399 g/mol. The Hall–Kier alpha value is -1.58. The molecular formula is C17H20F2N4OS2. The van der Waals surface area contributed by atoms with Gasteiger partial charge in [-0.2, -0.15) is 4.98 Å². The maximum Gasteiger partial charge on any atom is 0.219 e. The molecular weight excluding hydrogens is 378 g/mol. The number of aromatic nitrogens is 2. The van der Waals surface area contributed by atoms with Crippen molar-refractivity contribution in [2.24, 2.45) is 0 Å². The number of ether oxygens (including phenoxy) is 1. The Bertz CT molecular complexity index is 760. The third-order valence-corrected chi connectivity index (χ3v) is 5.34. The molecule has 1 saturated heterocycles. The topological polar surface area (TPSA) is 50.3 Å². The zero-order valence-electron chi connectivity index (χ0n) is 14.5. The van der Waals surface area contributed by atoms with E-state index in [4.69, 9.17) is 4.74 Å². The highest BCUT2D eigenvalue weighted by Gasteiger charge is 2.16. The van der Waals surface area contributed by atoms with E-state index in [2.05, 4.69) is 19.0 Å². The minimum atomic E-state index is -0.853. The SMILES string of the molecule is CC(C)Oc1cc(NSN2CCC2)nc(SCc2cccc(F)c2F)n1. The summed E-state index contributed by atoms with van der Waals surface area (Å²) < 4.78 is 38.2. The van der Waals surface area contributed by atoms with E-state index in [0.29, 0.717) is 16.9 Å². The summed E-state index contributed by atoms with van der Waals surface area (Å²) >= 11 is 2.72. The summed E-state index contributed by atoms with van der Waals surface area (Å²) in [6, 6.07) is 5.88. The van der Waals surface area contributed by atoms with E-state index in [9.17, 15) is 8.78 Å². The monoisotopic (exact) mass is 398 g/mol. The quantitative estimate of drug-likeness (QED) is 0.399. The predicted molar refractivity (Wildman–Crippen MR) is 101 cm³/mol. The number of hydrogen-bond acceptors (Lipinski definition) is 7. The molecule has 0 unspecified atom stereocenters. The molecule has 140 valence electrons. The maximum atomic E-state index is 13.8. The van der Waals surface area contributed by atoms with Crippen LogP contribution >= 0.6 is 23.9 Å². The second kappa shape index (κ2) is 8.88. The standard InChI is InChI=1S/C17H20F2N4OS2/c1-11(2)24-15-9-14(22-26-23-7-4-8-23)20-17(21-15)25-10-12-5-3-6-13(18)16(12)19/h3,5-6,9,11H,4,7-8,10H2,1-2H3,(H,20,21,22). The molecule has 1 fully saturated rings. The third kappa shape index (κ3) is 5.21. The van der Waals surface area contributed by atoms with E-state index in [1.807, 2.05) is 13.8 Å². The summed E-state index contributed by atoms with van der Waals surface area (Å²) in [6.45, 7) is 5.91. The molecule has 3 rings (SSSR count). The van der Waals surface area contributed by atoms with Gasteiger partial charge in [-0.05, 0) is 26.3 Å². The lowest BCUT2D eigenvalue weighted by Gasteiger charge is -2.28. The highest BCUT2D eigenvalue weighted by atomic mass is 32.2. The summed E-state index contributed by atoms with van der Waals surface area (Å²) in [5.41, 5.74) is 0.276. The van der Waals surface area contributed by atoms with Crippen molar-refractivity contribution >= 4 is 29.7 Å². The van der Waals surface area contributed by atoms with E-state index in [1.54, 1.807) is 12.1 Å². The van der Waals surface area contributed by atoms with E-state index < -0.39 is 11.6 Å². The van der Waals surface area contributed by atoms with Crippen LogP contribution in [0.3, 0.4) is 0 Å². The van der Waals surface area contributed by atoms with Crippen LogP contribution in [0.5, 0.6) is 5.88 Å².